The summed E-state index contributed by atoms with van der Waals surface area (Å²) in [6, 6.07) is 5.75. The van der Waals surface area contributed by atoms with E-state index in [1.807, 2.05) is 26.0 Å². The van der Waals surface area contributed by atoms with Crippen LogP contribution in [0.5, 0.6) is 0 Å². The minimum Gasteiger partial charge on any atom is -0.469 e. The van der Waals surface area contributed by atoms with Crippen molar-refractivity contribution in [2.45, 2.75) is 20.3 Å². The fourth-order valence-electron chi connectivity index (χ4n) is 2.07. The van der Waals surface area contributed by atoms with Gasteiger partial charge in [0, 0.05) is 5.39 Å². The van der Waals surface area contributed by atoms with Gasteiger partial charge in [-0.2, -0.15) is 0 Å². The maximum Gasteiger partial charge on any atom is 0.310 e. The molecular weight excluding hydrogens is 250 g/mol. The van der Waals surface area contributed by atoms with E-state index >= 15 is 0 Å². The van der Waals surface area contributed by atoms with E-state index in [1.54, 1.807) is 6.07 Å². The first-order chi connectivity index (χ1) is 8.52. The van der Waals surface area contributed by atoms with Gasteiger partial charge < -0.3 is 4.74 Å². The molecule has 0 unspecified atom stereocenters. The number of carbonyl (C=O) groups excluding carboxylic acids is 1. The van der Waals surface area contributed by atoms with Gasteiger partial charge in [-0.25, -0.2) is 4.98 Å². The molecule has 0 fully saturated rings. The molecule has 0 aliphatic rings. The van der Waals surface area contributed by atoms with Gasteiger partial charge in [0.2, 0.25) is 0 Å². The molecule has 0 N–H and O–H groups in total. The van der Waals surface area contributed by atoms with Gasteiger partial charge in [-0.15, -0.1) is 0 Å². The third-order valence-corrected chi connectivity index (χ3v) is 3.18. The van der Waals surface area contributed by atoms with Crippen LogP contribution in [0.1, 0.15) is 16.7 Å². The van der Waals surface area contributed by atoms with Crippen LogP contribution in [0.2, 0.25) is 5.15 Å². The van der Waals surface area contributed by atoms with Gasteiger partial charge in [0.05, 0.1) is 19.0 Å². The Morgan fingerprint density at radius 3 is 2.67 bits per heavy atom. The number of hydrogen-bond donors (Lipinski definition) is 0. The number of rotatable bonds is 2. The molecule has 0 saturated carbocycles. The van der Waals surface area contributed by atoms with Gasteiger partial charge in [-0.3, -0.25) is 4.79 Å². The zero-order chi connectivity index (χ0) is 13.3. The summed E-state index contributed by atoms with van der Waals surface area (Å²) in [5.74, 6) is -0.278. The fourth-order valence-corrected chi connectivity index (χ4v) is 2.28. The molecule has 4 heteroatoms. The smallest absolute Gasteiger partial charge is 0.310 e. The number of methoxy groups -OCH3 is 1. The second-order valence-corrected chi connectivity index (χ2v) is 4.67. The van der Waals surface area contributed by atoms with Gasteiger partial charge >= 0.3 is 5.97 Å². The summed E-state index contributed by atoms with van der Waals surface area (Å²) < 4.78 is 4.71. The zero-order valence-electron chi connectivity index (χ0n) is 10.6. The lowest BCUT2D eigenvalue weighted by atomic mass is 9.99. The SMILES string of the molecule is COC(=O)Cc1cc(Cl)nc2c(C)ccc(C)c12. The number of hydrogen-bond acceptors (Lipinski definition) is 3. The lowest BCUT2D eigenvalue weighted by molar-refractivity contribution is -0.139. The molecule has 0 saturated heterocycles. The van der Waals surface area contributed by atoms with Crippen LogP contribution < -0.4 is 0 Å². The predicted molar refractivity (Wildman–Crippen MR) is 71.9 cm³/mol. The Bertz CT molecular complexity index is 623. The fraction of sp³-hybridized carbons (Fsp3) is 0.286. The highest BCUT2D eigenvalue weighted by Crippen LogP contribution is 2.27. The van der Waals surface area contributed by atoms with Crippen LogP contribution in [0.15, 0.2) is 18.2 Å². The monoisotopic (exact) mass is 263 g/mol. The molecule has 2 aromatic rings. The number of ether oxygens (including phenoxy) is 1. The summed E-state index contributed by atoms with van der Waals surface area (Å²) >= 11 is 6.01. The van der Waals surface area contributed by atoms with E-state index in [0.717, 1.165) is 27.6 Å². The van der Waals surface area contributed by atoms with Crippen molar-refractivity contribution in [1.29, 1.82) is 0 Å². The van der Waals surface area contributed by atoms with E-state index in [1.165, 1.54) is 7.11 Å². The topological polar surface area (TPSA) is 39.2 Å². The first-order valence-corrected chi connectivity index (χ1v) is 6.03. The standard InChI is InChI=1S/C14H14ClNO2/c1-8-4-5-9(2)14-13(8)10(6-11(15)16-14)7-12(17)18-3/h4-6H,7H2,1-3H3. The summed E-state index contributed by atoms with van der Waals surface area (Å²) in [6.07, 6.45) is 0.208. The van der Waals surface area contributed by atoms with Crippen molar-refractivity contribution in [2.24, 2.45) is 0 Å². The quantitative estimate of drug-likeness (QED) is 0.617. The first-order valence-electron chi connectivity index (χ1n) is 5.65. The van der Waals surface area contributed by atoms with Gasteiger partial charge in [-0.05, 0) is 36.6 Å². The van der Waals surface area contributed by atoms with E-state index in [-0.39, 0.29) is 12.4 Å². The number of halogens is 1. The predicted octanol–water partition coefficient (Wildman–Crippen LogP) is 3.22. The number of carbonyl (C=O) groups is 1. The van der Waals surface area contributed by atoms with Crippen LogP contribution in [0.25, 0.3) is 10.9 Å². The molecule has 94 valence electrons. The maximum absolute atomic E-state index is 11.4. The number of benzene rings is 1. The summed E-state index contributed by atoms with van der Waals surface area (Å²) in [6.45, 7) is 3.98. The van der Waals surface area contributed by atoms with Crippen molar-refractivity contribution < 1.29 is 9.53 Å². The summed E-state index contributed by atoms with van der Waals surface area (Å²) in [4.78, 5) is 15.8. The molecule has 0 spiro atoms. The molecule has 0 amide bonds. The van der Waals surface area contributed by atoms with Crippen molar-refractivity contribution in [2.75, 3.05) is 7.11 Å². The molecule has 0 aliphatic carbocycles. The molecule has 3 nitrogen and oxygen atoms in total. The van der Waals surface area contributed by atoms with Crippen molar-refractivity contribution in [3.63, 3.8) is 0 Å². The van der Waals surface area contributed by atoms with Crippen molar-refractivity contribution in [3.8, 4) is 0 Å². The average molecular weight is 264 g/mol. The van der Waals surface area contributed by atoms with Crippen molar-refractivity contribution in [1.82, 2.24) is 4.98 Å². The van der Waals surface area contributed by atoms with E-state index in [2.05, 4.69) is 4.98 Å². The number of esters is 1. The molecule has 0 radical (unpaired) electrons. The highest BCUT2D eigenvalue weighted by atomic mass is 35.5. The van der Waals surface area contributed by atoms with Gasteiger partial charge in [0.15, 0.2) is 0 Å². The minimum absolute atomic E-state index is 0.208. The summed E-state index contributed by atoms with van der Waals surface area (Å²) in [7, 11) is 1.38. The Balaban J connectivity index is 2.71. The van der Waals surface area contributed by atoms with Crippen LogP contribution in [-0.2, 0) is 16.0 Å². The molecular formula is C14H14ClNO2. The number of pyridine rings is 1. The van der Waals surface area contributed by atoms with Gasteiger partial charge in [0.1, 0.15) is 5.15 Å². The molecule has 0 atom stereocenters. The number of fused-ring (bicyclic) bond motifs is 1. The Labute approximate surface area is 111 Å². The Kier molecular flexibility index (Phi) is 3.53. The van der Waals surface area contributed by atoms with Crippen molar-refractivity contribution in [3.05, 3.63) is 40.0 Å². The molecule has 1 heterocycles. The normalized spacial score (nSPS) is 10.7. The minimum atomic E-state index is -0.278. The Morgan fingerprint density at radius 1 is 1.33 bits per heavy atom. The molecule has 18 heavy (non-hydrogen) atoms. The van der Waals surface area contributed by atoms with E-state index < -0.39 is 0 Å². The van der Waals surface area contributed by atoms with Crippen LogP contribution in [-0.4, -0.2) is 18.1 Å². The highest BCUT2D eigenvalue weighted by Gasteiger charge is 2.12. The number of aromatic nitrogens is 1. The van der Waals surface area contributed by atoms with E-state index in [0.29, 0.717) is 5.15 Å². The lowest BCUT2D eigenvalue weighted by Crippen LogP contribution is -2.06. The molecule has 1 aromatic heterocycles. The second kappa shape index (κ2) is 4.94. The van der Waals surface area contributed by atoms with Crippen LogP contribution >= 0.6 is 11.6 Å². The van der Waals surface area contributed by atoms with Crippen LogP contribution in [0.3, 0.4) is 0 Å². The average Bonchev–Trinajstić information content (AvgIpc) is 2.33. The maximum atomic E-state index is 11.4. The van der Waals surface area contributed by atoms with E-state index in [4.69, 9.17) is 16.3 Å². The highest BCUT2D eigenvalue weighted by molar-refractivity contribution is 6.30. The largest absolute Gasteiger partial charge is 0.469 e. The van der Waals surface area contributed by atoms with Gasteiger partial charge in [-0.1, -0.05) is 23.7 Å². The molecule has 2 rings (SSSR count). The third-order valence-electron chi connectivity index (χ3n) is 2.98. The Morgan fingerprint density at radius 2 is 2.00 bits per heavy atom. The molecule has 1 aromatic carbocycles. The third kappa shape index (κ3) is 2.31. The number of nitrogens with zero attached hydrogens (tertiary/aromatic N) is 1. The molecule has 0 aliphatic heterocycles. The van der Waals surface area contributed by atoms with Crippen LogP contribution in [0.4, 0.5) is 0 Å². The van der Waals surface area contributed by atoms with Gasteiger partial charge in [0.25, 0.3) is 0 Å². The summed E-state index contributed by atoms with van der Waals surface area (Å²) in [5, 5.41) is 1.39. The first kappa shape index (κ1) is 12.8. The van der Waals surface area contributed by atoms with Crippen molar-refractivity contribution >= 4 is 28.5 Å². The van der Waals surface area contributed by atoms with Crippen LogP contribution in [0, 0.1) is 13.8 Å². The Hall–Kier alpha value is -1.61. The summed E-state index contributed by atoms with van der Waals surface area (Å²) in [5.41, 5.74) is 3.84. The number of aryl methyl sites for hydroxylation is 2. The molecule has 0 bridgehead atoms. The zero-order valence-corrected chi connectivity index (χ0v) is 11.3. The van der Waals surface area contributed by atoms with E-state index in [9.17, 15) is 4.79 Å². The second-order valence-electron chi connectivity index (χ2n) is 4.28. The lowest BCUT2D eigenvalue weighted by Gasteiger charge is -2.10.